The van der Waals surface area contributed by atoms with Crippen LogP contribution < -0.4 is 5.73 Å². The Morgan fingerprint density at radius 1 is 1.46 bits per heavy atom. The molecule has 8 heteroatoms. The van der Waals surface area contributed by atoms with Crippen LogP contribution in [0.15, 0.2) is 14.9 Å². The van der Waals surface area contributed by atoms with E-state index < -0.39 is 32.4 Å². The van der Waals surface area contributed by atoms with Gasteiger partial charge in [-0.3, -0.25) is 4.79 Å². The molecule has 1 amide bonds. The van der Waals surface area contributed by atoms with Crippen molar-refractivity contribution in [2.75, 3.05) is 0 Å². The lowest BCUT2D eigenvalue weighted by atomic mass is 10.2. The number of amides is 1. The maximum absolute atomic E-state index is 10.9. The molecule has 3 N–H and O–H groups in total. The number of nitrogens with two attached hydrogens (primary N) is 1. The van der Waals surface area contributed by atoms with Gasteiger partial charge in [-0.2, -0.15) is 12.8 Å². The Morgan fingerprint density at radius 3 is 2.31 bits per heavy atom. The summed E-state index contributed by atoms with van der Waals surface area (Å²) in [6, 6.07) is 0. The molecular formula is C5H4N2O5S. The van der Waals surface area contributed by atoms with Crippen LogP contribution in [0.3, 0.4) is 0 Å². The Hall–Kier alpha value is -1.70. The van der Waals surface area contributed by atoms with E-state index in [1.165, 1.54) is 0 Å². The van der Waals surface area contributed by atoms with Crippen molar-refractivity contribution in [3.8, 4) is 0 Å². The predicted octanol–water partition coefficient (Wildman–Crippen LogP) is -1.78. The average Bonchev–Trinajstić information content (AvgIpc) is 2.24. The minimum atomic E-state index is -4.19. The summed E-state index contributed by atoms with van der Waals surface area (Å²) in [5.41, 5.74) is 3.98. The van der Waals surface area contributed by atoms with E-state index >= 15 is 0 Å². The Labute approximate surface area is 72.6 Å². The van der Waals surface area contributed by atoms with Gasteiger partial charge in [-0.15, -0.1) is 0 Å². The summed E-state index contributed by atoms with van der Waals surface area (Å²) in [6.45, 7) is 0. The van der Waals surface area contributed by atoms with Crippen molar-refractivity contribution in [2.24, 2.45) is 10.1 Å². The van der Waals surface area contributed by atoms with Crippen molar-refractivity contribution in [2.45, 2.75) is 0 Å². The molecule has 70 valence electrons. The number of rotatable bonds is 2. The summed E-state index contributed by atoms with van der Waals surface area (Å²) >= 11 is 0. The van der Waals surface area contributed by atoms with E-state index in [-0.39, 0.29) is 0 Å². The van der Waals surface area contributed by atoms with Crippen LogP contribution in [0.2, 0.25) is 0 Å². The Bertz CT molecular complexity index is 444. The Kier molecular flexibility index (Phi) is 1.92. The summed E-state index contributed by atoms with van der Waals surface area (Å²) in [6.07, 6.45) is 0.581. The molecule has 1 heterocycles. The zero-order valence-corrected chi connectivity index (χ0v) is 6.91. The SMILES string of the molecule is NC(=O)C1=C(C(=O)O)C=NS1(=O)=O. The maximum Gasteiger partial charge on any atom is 0.338 e. The molecule has 0 radical (unpaired) electrons. The van der Waals surface area contributed by atoms with E-state index in [2.05, 4.69) is 10.1 Å². The molecule has 0 fully saturated rings. The largest absolute Gasteiger partial charge is 0.478 e. The molecule has 0 saturated heterocycles. The van der Waals surface area contributed by atoms with E-state index in [0.717, 1.165) is 0 Å². The fourth-order valence-corrected chi connectivity index (χ4v) is 1.81. The van der Waals surface area contributed by atoms with Gasteiger partial charge in [0.15, 0.2) is 4.91 Å². The number of nitrogens with zero attached hydrogens (tertiary/aromatic N) is 1. The number of sulfonamides is 1. The van der Waals surface area contributed by atoms with Gasteiger partial charge < -0.3 is 10.8 Å². The number of carboxylic acid groups (broad SMARTS) is 1. The highest BCUT2D eigenvalue weighted by molar-refractivity contribution is 7.95. The molecule has 7 nitrogen and oxygen atoms in total. The third kappa shape index (κ3) is 1.43. The van der Waals surface area contributed by atoms with Gasteiger partial charge in [-0.1, -0.05) is 0 Å². The maximum atomic E-state index is 10.9. The number of hydrogen-bond donors (Lipinski definition) is 2. The molecule has 0 aromatic heterocycles. The average molecular weight is 204 g/mol. The van der Waals surface area contributed by atoms with Crippen molar-refractivity contribution in [1.82, 2.24) is 0 Å². The van der Waals surface area contributed by atoms with Gasteiger partial charge in [0.1, 0.15) is 5.57 Å². The smallest absolute Gasteiger partial charge is 0.338 e. The van der Waals surface area contributed by atoms with Gasteiger partial charge in [0.25, 0.3) is 15.9 Å². The van der Waals surface area contributed by atoms with Gasteiger partial charge in [0.2, 0.25) is 0 Å². The van der Waals surface area contributed by atoms with Crippen molar-refractivity contribution >= 4 is 28.1 Å². The van der Waals surface area contributed by atoms with Crippen LogP contribution in [0.4, 0.5) is 0 Å². The fraction of sp³-hybridized carbons (Fsp3) is 0. The zero-order valence-electron chi connectivity index (χ0n) is 6.09. The third-order valence-electron chi connectivity index (χ3n) is 1.28. The normalized spacial score (nSPS) is 19.1. The quantitative estimate of drug-likeness (QED) is 0.549. The monoisotopic (exact) mass is 204 g/mol. The number of carbonyl (C=O) groups is 2. The number of primary amides is 1. The topological polar surface area (TPSA) is 127 Å². The minimum absolute atomic E-state index is 0.581. The summed E-state index contributed by atoms with van der Waals surface area (Å²) in [4.78, 5) is 20.0. The van der Waals surface area contributed by atoms with Gasteiger partial charge in [0, 0.05) is 0 Å². The van der Waals surface area contributed by atoms with Crippen molar-refractivity contribution in [1.29, 1.82) is 0 Å². The van der Waals surface area contributed by atoms with Gasteiger partial charge in [-0.05, 0) is 0 Å². The van der Waals surface area contributed by atoms with Crippen LogP contribution >= 0.6 is 0 Å². The van der Waals surface area contributed by atoms with Gasteiger partial charge >= 0.3 is 5.97 Å². The fourth-order valence-electron chi connectivity index (χ4n) is 0.785. The summed E-state index contributed by atoms with van der Waals surface area (Å²) in [5, 5.41) is 8.44. The van der Waals surface area contributed by atoms with Gasteiger partial charge in [0.05, 0.1) is 6.21 Å². The number of aliphatic carboxylic acids is 1. The van der Waals surface area contributed by atoms with Crippen molar-refractivity contribution in [3.63, 3.8) is 0 Å². The molecule has 0 aromatic carbocycles. The molecule has 0 unspecified atom stereocenters. The summed E-state index contributed by atoms with van der Waals surface area (Å²) in [5.74, 6) is -2.88. The molecule has 0 bridgehead atoms. The van der Waals surface area contributed by atoms with E-state index in [1.807, 2.05) is 0 Å². The second-order valence-corrected chi connectivity index (χ2v) is 3.69. The highest BCUT2D eigenvalue weighted by Gasteiger charge is 2.33. The summed E-state index contributed by atoms with van der Waals surface area (Å²) < 4.78 is 24.7. The molecule has 13 heavy (non-hydrogen) atoms. The van der Waals surface area contributed by atoms with Crippen LogP contribution in [0, 0.1) is 0 Å². The van der Waals surface area contributed by atoms with Gasteiger partial charge in [-0.25, -0.2) is 4.79 Å². The van der Waals surface area contributed by atoms with Crippen molar-refractivity contribution < 1.29 is 23.1 Å². The third-order valence-corrected chi connectivity index (χ3v) is 2.60. The number of hydrogen-bond acceptors (Lipinski definition) is 4. The molecule has 0 aromatic rings. The van der Waals surface area contributed by atoms with Crippen molar-refractivity contribution in [3.05, 3.63) is 10.5 Å². The van der Waals surface area contributed by atoms with Crippen LogP contribution in [0.25, 0.3) is 0 Å². The lowest BCUT2D eigenvalue weighted by Gasteiger charge is -1.95. The molecule has 0 spiro atoms. The zero-order chi connectivity index (χ0) is 10.2. The molecular weight excluding hydrogens is 200 g/mol. The van der Waals surface area contributed by atoms with E-state index in [9.17, 15) is 18.0 Å². The first kappa shape index (κ1) is 9.39. The van der Waals surface area contributed by atoms with E-state index in [1.54, 1.807) is 0 Å². The standard InChI is InChI=1S/C5H4N2O5S/c6-4(8)3-2(5(9)10)1-7-13(3,11)12/h1H,(H2,6,8)(H,9,10). The Morgan fingerprint density at radius 2 is 2.00 bits per heavy atom. The lowest BCUT2D eigenvalue weighted by molar-refractivity contribution is -0.132. The molecule has 1 aliphatic heterocycles. The van der Waals surface area contributed by atoms with Crippen LogP contribution in [-0.2, 0) is 19.6 Å². The molecule has 0 atom stereocenters. The number of carbonyl (C=O) groups excluding carboxylic acids is 1. The lowest BCUT2D eigenvalue weighted by Crippen LogP contribution is -2.21. The molecule has 1 rings (SSSR count). The van der Waals surface area contributed by atoms with E-state index in [0.29, 0.717) is 6.21 Å². The van der Waals surface area contributed by atoms with E-state index in [4.69, 9.17) is 5.11 Å². The first-order valence-electron chi connectivity index (χ1n) is 2.94. The van der Waals surface area contributed by atoms with Crippen LogP contribution in [-0.4, -0.2) is 31.6 Å². The Balaban J connectivity index is 3.46. The molecule has 0 aliphatic carbocycles. The van der Waals surface area contributed by atoms with Crippen LogP contribution in [0.5, 0.6) is 0 Å². The second-order valence-electron chi connectivity index (χ2n) is 2.12. The first-order valence-corrected chi connectivity index (χ1v) is 4.38. The highest BCUT2D eigenvalue weighted by atomic mass is 32.2. The predicted molar refractivity (Wildman–Crippen MR) is 41.3 cm³/mol. The highest BCUT2D eigenvalue weighted by Crippen LogP contribution is 2.19. The number of carboxylic acids is 1. The second kappa shape index (κ2) is 2.66. The minimum Gasteiger partial charge on any atom is -0.478 e. The van der Waals surface area contributed by atoms with Crippen LogP contribution in [0.1, 0.15) is 0 Å². The summed E-state index contributed by atoms with van der Waals surface area (Å²) in [7, 11) is -4.19. The molecule has 1 aliphatic rings. The first-order chi connectivity index (χ1) is 5.86. The molecule has 0 saturated carbocycles.